The van der Waals surface area contributed by atoms with E-state index in [4.69, 9.17) is 9.47 Å². The van der Waals surface area contributed by atoms with Crippen molar-refractivity contribution in [3.63, 3.8) is 0 Å². The summed E-state index contributed by atoms with van der Waals surface area (Å²) in [7, 11) is 2.90. The second-order valence-corrected chi connectivity index (χ2v) is 10.7. The van der Waals surface area contributed by atoms with Gasteiger partial charge in [0.1, 0.15) is 11.5 Å². The second kappa shape index (κ2) is 12.5. The number of piperidine rings is 1. The van der Waals surface area contributed by atoms with Crippen LogP contribution in [-0.4, -0.2) is 57.0 Å². The Kier molecular flexibility index (Phi) is 9.21. The van der Waals surface area contributed by atoms with Crippen LogP contribution < -0.4 is 25.0 Å². The number of halogens is 4. The van der Waals surface area contributed by atoms with Crippen molar-refractivity contribution in [3.05, 3.63) is 58.9 Å². The van der Waals surface area contributed by atoms with E-state index < -0.39 is 29.5 Å². The molecule has 43 heavy (non-hydrogen) atoms. The van der Waals surface area contributed by atoms with Crippen molar-refractivity contribution < 1.29 is 41.4 Å². The molecule has 0 radical (unpaired) electrons. The Morgan fingerprint density at radius 1 is 1.16 bits per heavy atom. The minimum Gasteiger partial charge on any atom is -0.492 e. The molecule has 0 spiro atoms. The molecular weight excluding hydrogens is 572 g/mol. The van der Waals surface area contributed by atoms with Gasteiger partial charge < -0.3 is 24.4 Å². The van der Waals surface area contributed by atoms with E-state index in [0.717, 1.165) is 5.57 Å². The molecule has 0 bridgehead atoms. The Morgan fingerprint density at radius 3 is 2.40 bits per heavy atom. The molecule has 1 unspecified atom stereocenters. The van der Waals surface area contributed by atoms with Crippen molar-refractivity contribution in [2.75, 3.05) is 32.1 Å². The fourth-order valence-corrected chi connectivity index (χ4v) is 5.15. The smallest absolute Gasteiger partial charge is 0.492 e. The predicted octanol–water partition coefficient (Wildman–Crippen LogP) is 5.27. The van der Waals surface area contributed by atoms with Crippen LogP contribution in [0.25, 0.3) is 5.76 Å². The number of alkyl halides is 3. The number of ether oxygens (including phenoxy) is 3. The van der Waals surface area contributed by atoms with Crippen LogP contribution in [0.15, 0.2) is 47.0 Å². The third-order valence-corrected chi connectivity index (χ3v) is 7.42. The molecule has 2 aromatic carbocycles. The lowest BCUT2D eigenvalue weighted by atomic mass is 9.88. The van der Waals surface area contributed by atoms with Gasteiger partial charge >= 0.3 is 6.36 Å². The van der Waals surface area contributed by atoms with Crippen LogP contribution in [0.4, 0.5) is 23.2 Å². The number of amidine groups is 1. The number of allylic oxidation sites excluding steroid dienone is 1. The summed E-state index contributed by atoms with van der Waals surface area (Å²) in [6, 6.07) is 8.84. The van der Waals surface area contributed by atoms with E-state index >= 15 is 4.39 Å². The average Bonchev–Trinajstić information content (AvgIpc) is 2.93. The fourth-order valence-electron chi connectivity index (χ4n) is 5.15. The van der Waals surface area contributed by atoms with Crippen molar-refractivity contribution in [3.8, 4) is 11.5 Å². The summed E-state index contributed by atoms with van der Waals surface area (Å²) in [6.45, 7) is 6.59. The third kappa shape index (κ3) is 7.20. The maximum atomic E-state index is 15.5. The van der Waals surface area contributed by atoms with Crippen molar-refractivity contribution in [1.29, 1.82) is 0 Å². The Bertz CT molecular complexity index is 1430. The Morgan fingerprint density at radius 2 is 1.84 bits per heavy atom. The highest BCUT2D eigenvalue weighted by Gasteiger charge is 2.42. The summed E-state index contributed by atoms with van der Waals surface area (Å²) in [5.41, 5.74) is 1.55. The van der Waals surface area contributed by atoms with Crippen LogP contribution in [0.1, 0.15) is 57.1 Å². The summed E-state index contributed by atoms with van der Waals surface area (Å²) in [6.07, 6.45) is -3.82. The number of nitrogens with zero attached hydrogens (tertiary/aromatic N) is 2. The van der Waals surface area contributed by atoms with Crippen molar-refractivity contribution in [2.45, 2.75) is 57.9 Å². The number of carbonyl (C=O) groups excluding carboxylic acids is 2. The fraction of sp³-hybridized carbons (Fsp3) is 0.433. The SMILES string of the molecule is CCC(C)=C(OC(=NC)NC1(C)CN(c2ccc(C3CCC(=O)NC3=O)c(F)c2OC)C1)c1ccc(OC(F)(F)F)cc1. The van der Waals surface area contributed by atoms with Crippen LogP contribution in [0, 0.1) is 5.82 Å². The number of benzene rings is 2. The molecule has 2 aromatic rings. The minimum absolute atomic E-state index is 0.00613. The van der Waals surface area contributed by atoms with Gasteiger partial charge in [0.05, 0.1) is 24.3 Å². The molecule has 2 N–H and O–H groups in total. The zero-order chi connectivity index (χ0) is 31.5. The summed E-state index contributed by atoms with van der Waals surface area (Å²) in [5.74, 6) is -2.23. The van der Waals surface area contributed by atoms with E-state index in [1.807, 2.05) is 25.7 Å². The number of methoxy groups -OCH3 is 1. The van der Waals surface area contributed by atoms with Crippen LogP contribution >= 0.6 is 0 Å². The first-order valence-electron chi connectivity index (χ1n) is 13.7. The first-order chi connectivity index (χ1) is 20.3. The highest BCUT2D eigenvalue weighted by Crippen LogP contribution is 2.41. The molecule has 1 atom stereocenters. The number of aliphatic imine (C=N–C) groups is 1. The van der Waals surface area contributed by atoms with E-state index in [-0.39, 0.29) is 41.8 Å². The van der Waals surface area contributed by atoms with Gasteiger partial charge in [-0.15, -0.1) is 13.2 Å². The molecule has 0 aliphatic carbocycles. The van der Waals surface area contributed by atoms with Gasteiger partial charge in [-0.3, -0.25) is 14.9 Å². The van der Waals surface area contributed by atoms with E-state index in [1.54, 1.807) is 19.2 Å². The normalized spacial score (nSPS) is 19.2. The van der Waals surface area contributed by atoms with Gasteiger partial charge in [-0.2, -0.15) is 0 Å². The first kappa shape index (κ1) is 31.6. The molecule has 13 heteroatoms. The quantitative estimate of drug-likeness (QED) is 0.139. The highest BCUT2D eigenvalue weighted by atomic mass is 19.4. The number of hydrogen-bond donors (Lipinski definition) is 2. The zero-order valence-corrected chi connectivity index (χ0v) is 24.5. The van der Waals surface area contributed by atoms with Gasteiger partial charge in [0.15, 0.2) is 11.6 Å². The number of anilines is 1. The van der Waals surface area contributed by atoms with E-state index in [9.17, 15) is 22.8 Å². The lowest BCUT2D eigenvalue weighted by Gasteiger charge is -2.50. The summed E-state index contributed by atoms with van der Waals surface area (Å²) in [4.78, 5) is 30.0. The molecule has 2 amide bonds. The minimum atomic E-state index is -4.79. The molecule has 2 aliphatic rings. The van der Waals surface area contributed by atoms with Crippen LogP contribution in [0.2, 0.25) is 0 Å². The average molecular weight is 607 g/mol. The largest absolute Gasteiger partial charge is 0.573 e. The molecule has 0 saturated carbocycles. The van der Waals surface area contributed by atoms with Gasteiger partial charge in [-0.25, -0.2) is 9.38 Å². The highest BCUT2D eigenvalue weighted by molar-refractivity contribution is 6.01. The van der Waals surface area contributed by atoms with E-state index in [1.165, 1.54) is 31.4 Å². The number of hydrogen-bond acceptors (Lipinski definition) is 7. The van der Waals surface area contributed by atoms with Crippen molar-refractivity contribution >= 4 is 29.3 Å². The van der Waals surface area contributed by atoms with Crippen LogP contribution in [0.5, 0.6) is 11.5 Å². The molecule has 2 aliphatic heterocycles. The molecular formula is C30H34F4N4O5. The molecule has 9 nitrogen and oxygen atoms in total. The topological polar surface area (TPSA) is 101 Å². The summed E-state index contributed by atoms with van der Waals surface area (Å²) in [5, 5.41) is 5.54. The maximum Gasteiger partial charge on any atom is 0.573 e. The standard InChI is InChI=1S/C30H34F4N4O5/c1-6-17(2)25(18-7-9-19(10-8-18)43-30(32,33)34)42-28(35-4)37-29(3)15-38(16-29)22-13-11-20(24(31)26(22)41-5)21-12-14-23(39)36-27(21)40/h7-11,13,21H,6,12,14-16H2,1-5H3,(H,35,37)(H,36,39,40). The van der Waals surface area contributed by atoms with Gasteiger partial charge in [0.25, 0.3) is 6.02 Å². The molecule has 232 valence electrons. The number of carbonyl (C=O) groups is 2. The molecule has 2 heterocycles. The van der Waals surface area contributed by atoms with E-state index in [2.05, 4.69) is 20.4 Å². The summed E-state index contributed by atoms with van der Waals surface area (Å²) >= 11 is 0. The lowest BCUT2D eigenvalue weighted by Crippen LogP contribution is -2.69. The number of imide groups is 1. The lowest BCUT2D eigenvalue weighted by molar-refractivity contribution is -0.274. The number of nitrogens with one attached hydrogen (secondary N) is 2. The summed E-state index contributed by atoms with van der Waals surface area (Å²) < 4.78 is 68.8. The van der Waals surface area contributed by atoms with Gasteiger partial charge in [-0.1, -0.05) is 13.0 Å². The Labute approximate surface area is 246 Å². The van der Waals surface area contributed by atoms with E-state index in [0.29, 0.717) is 36.5 Å². The zero-order valence-electron chi connectivity index (χ0n) is 24.5. The predicted molar refractivity (Wildman–Crippen MR) is 152 cm³/mol. The van der Waals surface area contributed by atoms with Crippen LogP contribution in [0.3, 0.4) is 0 Å². The monoisotopic (exact) mass is 606 g/mol. The van der Waals surface area contributed by atoms with Crippen molar-refractivity contribution in [2.24, 2.45) is 4.99 Å². The first-order valence-corrected chi connectivity index (χ1v) is 13.7. The molecule has 2 saturated heterocycles. The number of amides is 2. The Hall–Kier alpha value is -4.29. The third-order valence-electron chi connectivity index (χ3n) is 7.42. The number of rotatable bonds is 8. The second-order valence-electron chi connectivity index (χ2n) is 10.7. The molecule has 0 aromatic heterocycles. The van der Waals surface area contributed by atoms with Crippen molar-refractivity contribution in [1.82, 2.24) is 10.6 Å². The maximum absolute atomic E-state index is 15.5. The Balaban J connectivity index is 1.46. The molecule has 4 rings (SSSR count). The van der Waals surface area contributed by atoms with Gasteiger partial charge in [-0.05, 0) is 62.6 Å². The van der Waals surface area contributed by atoms with Gasteiger partial charge in [0, 0.05) is 37.7 Å². The molecule has 2 fully saturated rings. The van der Waals surface area contributed by atoms with Gasteiger partial charge in [0.2, 0.25) is 11.8 Å². The van der Waals surface area contributed by atoms with Crippen LogP contribution in [-0.2, 0) is 14.3 Å².